The molecule has 2 nitrogen and oxygen atoms in total. The molecule has 1 aliphatic heterocycles. The van der Waals surface area contributed by atoms with Gasteiger partial charge in [-0.15, -0.1) is 0 Å². The molecule has 1 aromatic rings. The average Bonchev–Trinajstić information content (AvgIpc) is 2.75. The quantitative estimate of drug-likeness (QED) is 0.854. The van der Waals surface area contributed by atoms with Crippen molar-refractivity contribution in [2.45, 2.75) is 25.0 Å². The first-order valence-electron chi connectivity index (χ1n) is 5.36. The van der Waals surface area contributed by atoms with Gasteiger partial charge in [-0.1, -0.05) is 29.8 Å². The van der Waals surface area contributed by atoms with Crippen molar-refractivity contribution in [3.8, 4) is 0 Å². The van der Waals surface area contributed by atoms with Crippen molar-refractivity contribution < 1.29 is 4.74 Å². The molecule has 82 valence electrons. The van der Waals surface area contributed by atoms with Gasteiger partial charge in [0, 0.05) is 11.6 Å². The Morgan fingerprint density at radius 2 is 2.27 bits per heavy atom. The highest BCUT2D eigenvalue weighted by Gasteiger charge is 2.27. The molecule has 0 spiro atoms. The van der Waals surface area contributed by atoms with Crippen LogP contribution in [0.1, 0.15) is 24.4 Å². The van der Waals surface area contributed by atoms with E-state index in [0.717, 1.165) is 30.0 Å². The molecule has 0 aliphatic carbocycles. The molecule has 2 atom stereocenters. The minimum Gasteiger partial charge on any atom is -0.376 e. The van der Waals surface area contributed by atoms with Crippen LogP contribution in [-0.2, 0) is 4.74 Å². The van der Waals surface area contributed by atoms with E-state index in [-0.39, 0.29) is 12.1 Å². The molecule has 1 saturated heterocycles. The number of benzene rings is 1. The monoisotopic (exact) mass is 225 g/mol. The van der Waals surface area contributed by atoms with Crippen molar-refractivity contribution >= 4 is 11.6 Å². The summed E-state index contributed by atoms with van der Waals surface area (Å²) in [5.41, 5.74) is 1.13. The van der Waals surface area contributed by atoms with E-state index in [1.54, 1.807) is 0 Å². The lowest BCUT2D eigenvalue weighted by molar-refractivity contribution is 0.0808. The van der Waals surface area contributed by atoms with Crippen LogP contribution in [-0.4, -0.2) is 19.8 Å². The maximum Gasteiger partial charge on any atom is 0.0771 e. The van der Waals surface area contributed by atoms with Crippen molar-refractivity contribution in [2.24, 2.45) is 0 Å². The van der Waals surface area contributed by atoms with Crippen molar-refractivity contribution in [1.82, 2.24) is 5.32 Å². The number of hydrogen-bond donors (Lipinski definition) is 1. The molecule has 1 heterocycles. The van der Waals surface area contributed by atoms with Crippen LogP contribution in [0.2, 0.25) is 5.02 Å². The maximum absolute atomic E-state index is 6.18. The van der Waals surface area contributed by atoms with Crippen molar-refractivity contribution in [1.29, 1.82) is 0 Å². The summed E-state index contributed by atoms with van der Waals surface area (Å²) in [6.07, 6.45) is 2.51. The van der Waals surface area contributed by atoms with Gasteiger partial charge in [-0.05, 0) is 31.5 Å². The predicted octanol–water partition coefficient (Wildman–Crippen LogP) is 2.78. The van der Waals surface area contributed by atoms with Gasteiger partial charge in [0.25, 0.3) is 0 Å². The number of nitrogens with one attached hydrogen (secondary N) is 1. The third-order valence-corrected chi connectivity index (χ3v) is 3.23. The molecule has 0 aromatic heterocycles. The number of hydrogen-bond acceptors (Lipinski definition) is 2. The second kappa shape index (κ2) is 4.97. The van der Waals surface area contributed by atoms with Crippen molar-refractivity contribution in [3.05, 3.63) is 34.9 Å². The minimum absolute atomic E-state index is 0.209. The van der Waals surface area contributed by atoms with E-state index < -0.39 is 0 Å². The first-order chi connectivity index (χ1) is 7.33. The molecule has 2 unspecified atom stereocenters. The fourth-order valence-corrected chi connectivity index (χ4v) is 2.39. The van der Waals surface area contributed by atoms with Crippen LogP contribution < -0.4 is 5.32 Å². The molecule has 1 aromatic carbocycles. The highest BCUT2D eigenvalue weighted by Crippen LogP contribution is 2.30. The van der Waals surface area contributed by atoms with Crippen LogP contribution in [0, 0.1) is 0 Å². The first-order valence-corrected chi connectivity index (χ1v) is 5.74. The van der Waals surface area contributed by atoms with Crippen LogP contribution in [0.15, 0.2) is 24.3 Å². The van der Waals surface area contributed by atoms with Crippen LogP contribution in [0.5, 0.6) is 0 Å². The SMILES string of the molecule is CNC(c1ccccc1Cl)C1CCCO1. The summed E-state index contributed by atoms with van der Waals surface area (Å²) in [6.45, 7) is 0.868. The van der Waals surface area contributed by atoms with Crippen LogP contribution in [0.4, 0.5) is 0 Å². The number of likely N-dealkylation sites (N-methyl/N-ethyl adjacent to an activating group) is 1. The molecule has 15 heavy (non-hydrogen) atoms. The van der Waals surface area contributed by atoms with Gasteiger partial charge >= 0.3 is 0 Å². The molecule has 1 fully saturated rings. The van der Waals surface area contributed by atoms with Gasteiger partial charge in [-0.2, -0.15) is 0 Å². The zero-order valence-electron chi connectivity index (χ0n) is 8.87. The lowest BCUT2D eigenvalue weighted by Gasteiger charge is -2.23. The summed E-state index contributed by atoms with van der Waals surface area (Å²) in [6, 6.07) is 8.16. The van der Waals surface area contributed by atoms with E-state index in [1.165, 1.54) is 0 Å². The van der Waals surface area contributed by atoms with Crippen LogP contribution in [0.3, 0.4) is 0 Å². The average molecular weight is 226 g/mol. The Labute approximate surface area is 95.6 Å². The number of halogens is 1. The van der Waals surface area contributed by atoms with Crippen LogP contribution in [0.25, 0.3) is 0 Å². The van der Waals surface area contributed by atoms with Gasteiger partial charge in [-0.3, -0.25) is 0 Å². The first kappa shape index (κ1) is 10.9. The second-order valence-electron chi connectivity index (χ2n) is 3.84. The highest BCUT2D eigenvalue weighted by atomic mass is 35.5. The molecule has 0 radical (unpaired) electrons. The predicted molar refractivity (Wildman–Crippen MR) is 62.2 cm³/mol. The molecule has 0 saturated carbocycles. The number of ether oxygens (including phenoxy) is 1. The maximum atomic E-state index is 6.18. The smallest absolute Gasteiger partial charge is 0.0771 e. The zero-order valence-corrected chi connectivity index (χ0v) is 9.63. The lowest BCUT2D eigenvalue weighted by Crippen LogP contribution is -2.29. The Morgan fingerprint density at radius 1 is 1.47 bits per heavy atom. The summed E-state index contributed by atoms with van der Waals surface area (Å²) in [5.74, 6) is 0. The lowest BCUT2D eigenvalue weighted by atomic mass is 9.99. The molecule has 1 N–H and O–H groups in total. The van der Waals surface area contributed by atoms with Gasteiger partial charge < -0.3 is 10.1 Å². The molecule has 2 rings (SSSR count). The fourth-order valence-electron chi connectivity index (χ4n) is 2.13. The van der Waals surface area contributed by atoms with E-state index >= 15 is 0 Å². The number of rotatable bonds is 3. The summed E-state index contributed by atoms with van der Waals surface area (Å²) in [5, 5.41) is 4.10. The largest absolute Gasteiger partial charge is 0.376 e. The summed E-state index contributed by atoms with van der Waals surface area (Å²) in [7, 11) is 1.95. The second-order valence-corrected chi connectivity index (χ2v) is 4.25. The molecular formula is C12H16ClNO. The van der Waals surface area contributed by atoms with E-state index in [0.29, 0.717) is 0 Å². The van der Waals surface area contributed by atoms with Crippen molar-refractivity contribution in [2.75, 3.05) is 13.7 Å². The van der Waals surface area contributed by atoms with E-state index in [1.807, 2.05) is 25.2 Å². The molecule has 1 aliphatic rings. The van der Waals surface area contributed by atoms with Gasteiger partial charge in [0.15, 0.2) is 0 Å². The zero-order chi connectivity index (χ0) is 10.7. The van der Waals surface area contributed by atoms with Gasteiger partial charge in [-0.25, -0.2) is 0 Å². The minimum atomic E-state index is 0.209. The van der Waals surface area contributed by atoms with E-state index in [9.17, 15) is 0 Å². The van der Waals surface area contributed by atoms with Gasteiger partial charge in [0.1, 0.15) is 0 Å². The highest BCUT2D eigenvalue weighted by molar-refractivity contribution is 6.31. The molecule has 0 amide bonds. The summed E-state index contributed by atoms with van der Waals surface area (Å²) < 4.78 is 5.69. The normalized spacial score (nSPS) is 22.9. The Kier molecular flexibility index (Phi) is 3.62. The van der Waals surface area contributed by atoms with E-state index in [4.69, 9.17) is 16.3 Å². The Morgan fingerprint density at radius 3 is 2.87 bits per heavy atom. The summed E-state index contributed by atoms with van der Waals surface area (Å²) in [4.78, 5) is 0. The van der Waals surface area contributed by atoms with Gasteiger partial charge in [0.2, 0.25) is 0 Å². The third-order valence-electron chi connectivity index (χ3n) is 2.89. The van der Waals surface area contributed by atoms with Gasteiger partial charge in [0.05, 0.1) is 12.1 Å². The molecule has 0 bridgehead atoms. The van der Waals surface area contributed by atoms with E-state index in [2.05, 4.69) is 11.4 Å². The standard InChI is InChI=1S/C12H16ClNO/c1-14-12(11-7-4-8-15-11)9-5-2-3-6-10(9)13/h2-3,5-6,11-12,14H,4,7-8H2,1H3. The third kappa shape index (κ3) is 2.33. The Hall–Kier alpha value is -0.570. The molecule has 3 heteroatoms. The van der Waals surface area contributed by atoms with Crippen molar-refractivity contribution in [3.63, 3.8) is 0 Å². The summed E-state index contributed by atoms with van der Waals surface area (Å²) >= 11 is 6.18. The molecular weight excluding hydrogens is 210 g/mol. The fraction of sp³-hybridized carbons (Fsp3) is 0.500. The Bertz CT molecular complexity index is 323. The van der Waals surface area contributed by atoms with Crippen LogP contribution >= 0.6 is 11.6 Å². The topological polar surface area (TPSA) is 21.3 Å². The Balaban J connectivity index is 2.22.